The molecule has 1 aromatic carbocycles. The summed E-state index contributed by atoms with van der Waals surface area (Å²) in [5.74, 6) is -0.452. The van der Waals surface area contributed by atoms with Crippen LogP contribution in [0, 0.1) is 0 Å². The van der Waals surface area contributed by atoms with Crippen molar-refractivity contribution >= 4 is 34.7 Å². The van der Waals surface area contributed by atoms with Crippen LogP contribution in [0.1, 0.15) is 32.8 Å². The lowest BCUT2D eigenvalue weighted by Gasteiger charge is -2.22. The molecule has 1 N–H and O–H groups in total. The van der Waals surface area contributed by atoms with E-state index in [0.717, 1.165) is 9.99 Å². The van der Waals surface area contributed by atoms with E-state index in [9.17, 15) is 9.59 Å². The third kappa shape index (κ3) is 7.63. The Bertz CT molecular complexity index is 485. The molecule has 0 aromatic heterocycles. The number of alkyl halides is 1. The van der Waals surface area contributed by atoms with Gasteiger partial charge < -0.3 is 14.8 Å². The highest BCUT2D eigenvalue weighted by Gasteiger charge is 2.25. The van der Waals surface area contributed by atoms with Crippen molar-refractivity contribution in [1.29, 1.82) is 0 Å². The van der Waals surface area contributed by atoms with Crippen molar-refractivity contribution in [2.45, 2.75) is 45.4 Å². The van der Waals surface area contributed by atoms with Crippen LogP contribution in [0.2, 0.25) is 0 Å². The molecule has 0 unspecified atom stereocenters. The number of ether oxygens (including phenoxy) is 2. The molecule has 0 spiro atoms. The molecule has 0 fully saturated rings. The molecule has 0 aliphatic carbocycles. The van der Waals surface area contributed by atoms with Gasteiger partial charge in [0.1, 0.15) is 18.2 Å². The Labute approximate surface area is 144 Å². The summed E-state index contributed by atoms with van der Waals surface area (Å²) in [5, 5.41) is 2.57. The van der Waals surface area contributed by atoms with Gasteiger partial charge in [-0.2, -0.15) is 0 Å². The second-order valence-electron chi connectivity index (χ2n) is 5.77. The van der Waals surface area contributed by atoms with Crippen LogP contribution in [0.4, 0.5) is 4.79 Å². The second kappa shape index (κ2) is 8.97. The van der Waals surface area contributed by atoms with Crippen molar-refractivity contribution in [2.75, 3.05) is 4.43 Å². The lowest BCUT2D eigenvalue weighted by molar-refractivity contribution is -0.147. The van der Waals surface area contributed by atoms with E-state index in [1.165, 1.54) is 0 Å². The molecule has 5 nitrogen and oxygen atoms in total. The van der Waals surface area contributed by atoms with Crippen molar-refractivity contribution in [3.8, 4) is 0 Å². The fourth-order valence-electron chi connectivity index (χ4n) is 1.64. The van der Waals surface area contributed by atoms with Gasteiger partial charge in [-0.25, -0.2) is 9.59 Å². The van der Waals surface area contributed by atoms with E-state index >= 15 is 0 Å². The molecule has 1 aromatic rings. The molecule has 1 atom stereocenters. The van der Waals surface area contributed by atoms with Crippen molar-refractivity contribution < 1.29 is 19.1 Å². The van der Waals surface area contributed by atoms with Gasteiger partial charge in [-0.05, 0) is 32.8 Å². The van der Waals surface area contributed by atoms with E-state index in [4.69, 9.17) is 9.47 Å². The zero-order chi connectivity index (χ0) is 16.6. The minimum atomic E-state index is -0.699. The summed E-state index contributed by atoms with van der Waals surface area (Å²) in [6.45, 7) is 5.50. The summed E-state index contributed by atoms with van der Waals surface area (Å²) in [6.07, 6.45) is -0.119. The number of benzene rings is 1. The van der Waals surface area contributed by atoms with Crippen molar-refractivity contribution in [2.24, 2.45) is 0 Å². The van der Waals surface area contributed by atoms with Gasteiger partial charge in [-0.15, -0.1) is 0 Å². The second-order valence-corrected chi connectivity index (χ2v) is 6.85. The van der Waals surface area contributed by atoms with E-state index in [-0.39, 0.29) is 6.61 Å². The van der Waals surface area contributed by atoms with Crippen molar-refractivity contribution in [3.05, 3.63) is 35.9 Å². The normalized spacial score (nSPS) is 12.4. The number of amides is 1. The van der Waals surface area contributed by atoms with E-state index < -0.39 is 23.7 Å². The van der Waals surface area contributed by atoms with Crippen LogP contribution in [0.25, 0.3) is 0 Å². The number of esters is 1. The van der Waals surface area contributed by atoms with E-state index in [0.29, 0.717) is 6.42 Å². The van der Waals surface area contributed by atoms with Crippen LogP contribution in [0.5, 0.6) is 0 Å². The van der Waals surface area contributed by atoms with Crippen LogP contribution in [-0.4, -0.2) is 28.1 Å². The maximum absolute atomic E-state index is 12.1. The van der Waals surface area contributed by atoms with Gasteiger partial charge in [0, 0.05) is 4.43 Å². The molecule has 0 radical (unpaired) electrons. The zero-order valence-electron chi connectivity index (χ0n) is 13.1. The Kier molecular flexibility index (Phi) is 7.64. The summed E-state index contributed by atoms with van der Waals surface area (Å²) in [5.41, 5.74) is 0.300. The zero-order valence-corrected chi connectivity index (χ0v) is 15.3. The maximum Gasteiger partial charge on any atom is 0.408 e. The van der Waals surface area contributed by atoms with Gasteiger partial charge in [0.25, 0.3) is 0 Å². The van der Waals surface area contributed by atoms with Crippen LogP contribution in [0.15, 0.2) is 30.3 Å². The first-order valence-corrected chi connectivity index (χ1v) is 8.60. The average Bonchev–Trinajstić information content (AvgIpc) is 2.43. The van der Waals surface area contributed by atoms with Crippen LogP contribution in [-0.2, 0) is 20.9 Å². The van der Waals surface area contributed by atoms with Gasteiger partial charge in [0.2, 0.25) is 0 Å². The number of halogens is 1. The van der Waals surface area contributed by atoms with E-state index in [1.807, 2.05) is 30.3 Å². The van der Waals surface area contributed by atoms with Crippen molar-refractivity contribution in [1.82, 2.24) is 5.32 Å². The Morgan fingerprint density at radius 2 is 1.86 bits per heavy atom. The van der Waals surface area contributed by atoms with Gasteiger partial charge in [0.15, 0.2) is 0 Å². The quantitative estimate of drug-likeness (QED) is 0.436. The third-order valence-corrected chi connectivity index (χ3v) is 3.22. The highest BCUT2D eigenvalue weighted by molar-refractivity contribution is 14.1. The molecule has 0 aliphatic rings. The SMILES string of the molecule is CC(C)(C)OC(=O)N[C@H](CCI)C(=O)OCc1ccccc1. The number of hydrogen-bond donors (Lipinski definition) is 1. The lowest BCUT2D eigenvalue weighted by atomic mass is 10.2. The van der Waals surface area contributed by atoms with Gasteiger partial charge >= 0.3 is 12.1 Å². The molecule has 1 amide bonds. The average molecular weight is 419 g/mol. The smallest absolute Gasteiger partial charge is 0.408 e. The van der Waals surface area contributed by atoms with Gasteiger partial charge in [-0.3, -0.25) is 0 Å². The van der Waals surface area contributed by atoms with Crippen molar-refractivity contribution in [3.63, 3.8) is 0 Å². The molecule has 1 rings (SSSR count). The topological polar surface area (TPSA) is 64.6 Å². The standard InChI is InChI=1S/C16H22INO4/c1-16(2,3)22-15(20)18-13(9-10-17)14(19)21-11-12-7-5-4-6-8-12/h4-8,13H,9-11H2,1-3H3,(H,18,20)/t13-/m1/s1. The Morgan fingerprint density at radius 3 is 2.41 bits per heavy atom. The number of nitrogens with one attached hydrogen (secondary N) is 1. The summed E-state index contributed by atoms with van der Waals surface area (Å²) < 4.78 is 11.1. The summed E-state index contributed by atoms with van der Waals surface area (Å²) in [6, 6.07) is 8.71. The molecule has 6 heteroatoms. The molecule has 22 heavy (non-hydrogen) atoms. The maximum atomic E-state index is 12.1. The third-order valence-electron chi connectivity index (χ3n) is 2.60. The van der Waals surface area contributed by atoms with Crippen LogP contribution < -0.4 is 5.32 Å². The van der Waals surface area contributed by atoms with E-state index in [2.05, 4.69) is 27.9 Å². The fourth-order valence-corrected chi connectivity index (χ4v) is 2.26. The Morgan fingerprint density at radius 1 is 1.23 bits per heavy atom. The summed E-state index contributed by atoms with van der Waals surface area (Å²) in [7, 11) is 0. The van der Waals surface area contributed by atoms with Crippen LogP contribution >= 0.6 is 22.6 Å². The van der Waals surface area contributed by atoms with Crippen LogP contribution in [0.3, 0.4) is 0 Å². The highest BCUT2D eigenvalue weighted by atomic mass is 127. The predicted octanol–water partition coefficient (Wildman–Crippen LogP) is 3.45. The Balaban J connectivity index is 2.54. The molecule has 0 heterocycles. The highest BCUT2D eigenvalue weighted by Crippen LogP contribution is 2.09. The summed E-state index contributed by atoms with van der Waals surface area (Å²) >= 11 is 2.15. The van der Waals surface area contributed by atoms with Gasteiger partial charge in [-0.1, -0.05) is 52.9 Å². The van der Waals surface area contributed by atoms with Gasteiger partial charge in [0.05, 0.1) is 0 Å². The monoisotopic (exact) mass is 419 g/mol. The molecule has 0 saturated carbocycles. The number of carbonyl (C=O) groups excluding carboxylic acids is 2. The first-order chi connectivity index (χ1) is 10.3. The number of rotatable bonds is 6. The molecular weight excluding hydrogens is 397 g/mol. The molecule has 122 valence electrons. The molecule has 0 aliphatic heterocycles. The number of alkyl carbamates (subject to hydrolysis) is 1. The first kappa shape index (κ1) is 18.7. The summed E-state index contributed by atoms with van der Waals surface area (Å²) in [4.78, 5) is 23.9. The fraction of sp³-hybridized carbons (Fsp3) is 0.500. The number of hydrogen-bond acceptors (Lipinski definition) is 4. The number of carbonyl (C=O) groups is 2. The minimum Gasteiger partial charge on any atom is -0.459 e. The van der Waals surface area contributed by atoms with E-state index in [1.54, 1.807) is 20.8 Å². The Hall–Kier alpha value is -1.31. The minimum absolute atomic E-state index is 0.188. The molecule has 0 bridgehead atoms. The molecule has 0 saturated heterocycles. The first-order valence-electron chi connectivity index (χ1n) is 7.08. The predicted molar refractivity (Wildman–Crippen MR) is 92.9 cm³/mol. The molecular formula is C16H22INO4. The largest absolute Gasteiger partial charge is 0.459 e. The lowest BCUT2D eigenvalue weighted by Crippen LogP contribution is -2.44.